The molecule has 128 valence electrons. The number of benzene rings is 2. The summed E-state index contributed by atoms with van der Waals surface area (Å²) >= 11 is 3.32. The fraction of sp³-hybridized carbons (Fsp3) is 0.111. The third kappa shape index (κ3) is 4.04. The number of aromatic hydroxyl groups is 1. The van der Waals surface area contributed by atoms with Gasteiger partial charge in [0, 0.05) is 6.54 Å². The molecule has 0 aliphatic carbocycles. The van der Waals surface area contributed by atoms with Gasteiger partial charge in [0.1, 0.15) is 11.6 Å². The van der Waals surface area contributed by atoms with Gasteiger partial charge in [0.2, 0.25) is 0 Å². The summed E-state index contributed by atoms with van der Waals surface area (Å²) in [5, 5.41) is 10.2. The van der Waals surface area contributed by atoms with Gasteiger partial charge in [0.15, 0.2) is 5.17 Å². The van der Waals surface area contributed by atoms with E-state index < -0.39 is 0 Å². The van der Waals surface area contributed by atoms with Crippen LogP contribution in [-0.2, 0) is 4.79 Å². The number of thioether (sulfide) groups is 1. The minimum absolute atomic E-state index is 0.114. The van der Waals surface area contributed by atoms with Gasteiger partial charge in [-0.15, -0.1) is 0 Å². The molecule has 2 aromatic carbocycles. The molecule has 0 aromatic heterocycles. The maximum atomic E-state index is 13.0. The largest absolute Gasteiger partial charge is 0.507 e. The van der Waals surface area contributed by atoms with E-state index in [1.807, 2.05) is 35.6 Å². The first kappa shape index (κ1) is 17.9. The predicted molar refractivity (Wildman–Crippen MR) is 107 cm³/mol. The summed E-state index contributed by atoms with van der Waals surface area (Å²) in [6, 6.07) is 11.0. The van der Waals surface area contributed by atoms with Crippen molar-refractivity contribution in [2.45, 2.75) is 6.92 Å². The molecule has 4 nitrogen and oxygen atoms in total. The molecule has 1 saturated heterocycles. The minimum atomic E-state index is -0.325. The molecule has 0 saturated carbocycles. The van der Waals surface area contributed by atoms with Crippen molar-refractivity contribution in [3.63, 3.8) is 0 Å². The number of phenolic OH excluding ortho intramolecular Hbond substituents is 1. The number of phenols is 1. The van der Waals surface area contributed by atoms with E-state index in [0.29, 0.717) is 22.3 Å². The van der Waals surface area contributed by atoms with Crippen LogP contribution in [0.25, 0.3) is 6.08 Å². The Labute approximate surface area is 162 Å². The number of rotatable bonds is 3. The SMILES string of the molecule is CCN1C(=O)/C(=C/c2ccc(O)c(I)c2)SC1=Nc1ccc(F)cc1. The normalized spacial score (nSPS) is 17.7. The number of halogens is 2. The summed E-state index contributed by atoms with van der Waals surface area (Å²) < 4.78 is 13.7. The van der Waals surface area contributed by atoms with Gasteiger partial charge in [-0.2, -0.15) is 0 Å². The Kier molecular flexibility index (Phi) is 5.43. The lowest BCUT2D eigenvalue weighted by atomic mass is 10.2. The lowest BCUT2D eigenvalue weighted by Crippen LogP contribution is -2.28. The smallest absolute Gasteiger partial charge is 0.266 e. The van der Waals surface area contributed by atoms with Gasteiger partial charge >= 0.3 is 0 Å². The summed E-state index contributed by atoms with van der Waals surface area (Å²) in [4.78, 5) is 19.2. The van der Waals surface area contributed by atoms with Crippen LogP contribution in [0.15, 0.2) is 52.4 Å². The van der Waals surface area contributed by atoms with E-state index in [9.17, 15) is 14.3 Å². The average Bonchev–Trinajstić information content (AvgIpc) is 2.88. The number of nitrogens with zero attached hydrogens (tertiary/aromatic N) is 2. The molecular weight excluding hydrogens is 454 g/mol. The Morgan fingerprint density at radius 1 is 1.28 bits per heavy atom. The van der Waals surface area contributed by atoms with Crippen molar-refractivity contribution >= 4 is 57.2 Å². The number of hydrogen-bond acceptors (Lipinski definition) is 4. The molecule has 1 fully saturated rings. The maximum Gasteiger partial charge on any atom is 0.266 e. The molecule has 1 heterocycles. The summed E-state index contributed by atoms with van der Waals surface area (Å²) in [7, 11) is 0. The second-order valence-electron chi connectivity index (χ2n) is 5.24. The molecule has 0 bridgehead atoms. The quantitative estimate of drug-likeness (QED) is 0.522. The van der Waals surface area contributed by atoms with Gasteiger partial charge in [-0.1, -0.05) is 6.07 Å². The van der Waals surface area contributed by atoms with Crippen LogP contribution in [0.3, 0.4) is 0 Å². The zero-order chi connectivity index (χ0) is 18.0. The van der Waals surface area contributed by atoms with Gasteiger partial charge in [-0.05, 0) is 89.3 Å². The molecule has 1 aliphatic rings. The molecule has 2 aromatic rings. The van der Waals surface area contributed by atoms with Crippen molar-refractivity contribution in [1.29, 1.82) is 0 Å². The first-order chi connectivity index (χ1) is 12.0. The maximum absolute atomic E-state index is 13.0. The number of amides is 1. The highest BCUT2D eigenvalue weighted by atomic mass is 127. The monoisotopic (exact) mass is 468 g/mol. The van der Waals surface area contributed by atoms with Gasteiger partial charge in [0.25, 0.3) is 5.91 Å². The number of aliphatic imine (C=N–C) groups is 1. The number of amidine groups is 1. The van der Waals surface area contributed by atoms with E-state index >= 15 is 0 Å². The van der Waals surface area contributed by atoms with Crippen LogP contribution in [0, 0.1) is 9.39 Å². The highest BCUT2D eigenvalue weighted by molar-refractivity contribution is 14.1. The Hall–Kier alpha value is -1.87. The topological polar surface area (TPSA) is 52.9 Å². The Bertz CT molecular complexity index is 881. The number of carbonyl (C=O) groups is 1. The van der Waals surface area contributed by atoms with E-state index in [4.69, 9.17) is 0 Å². The van der Waals surface area contributed by atoms with Crippen LogP contribution in [0.5, 0.6) is 5.75 Å². The predicted octanol–water partition coefficient (Wildman–Crippen LogP) is 4.76. The molecular formula is C18H14FIN2O2S. The molecule has 1 N–H and O–H groups in total. The molecule has 25 heavy (non-hydrogen) atoms. The first-order valence-electron chi connectivity index (χ1n) is 7.52. The van der Waals surface area contributed by atoms with Gasteiger partial charge in [-0.3, -0.25) is 9.69 Å². The number of carbonyl (C=O) groups excluding carboxylic acids is 1. The van der Waals surface area contributed by atoms with Crippen molar-refractivity contribution in [3.05, 3.63) is 62.3 Å². The van der Waals surface area contributed by atoms with E-state index in [0.717, 1.165) is 9.13 Å². The third-order valence-corrected chi connectivity index (χ3v) is 5.40. The van der Waals surface area contributed by atoms with Crippen LogP contribution in [0.1, 0.15) is 12.5 Å². The molecule has 0 spiro atoms. The van der Waals surface area contributed by atoms with Crippen LogP contribution in [-0.4, -0.2) is 27.6 Å². The Morgan fingerprint density at radius 2 is 2.00 bits per heavy atom. The van der Waals surface area contributed by atoms with Crippen molar-refractivity contribution < 1.29 is 14.3 Å². The van der Waals surface area contributed by atoms with Crippen LogP contribution < -0.4 is 0 Å². The zero-order valence-electron chi connectivity index (χ0n) is 13.2. The van der Waals surface area contributed by atoms with Crippen LogP contribution in [0.2, 0.25) is 0 Å². The fourth-order valence-electron chi connectivity index (χ4n) is 2.26. The summed E-state index contributed by atoms with van der Waals surface area (Å²) in [5.41, 5.74) is 1.42. The van der Waals surface area contributed by atoms with Crippen molar-refractivity contribution in [2.24, 2.45) is 4.99 Å². The molecule has 1 amide bonds. The number of hydrogen-bond donors (Lipinski definition) is 1. The summed E-state index contributed by atoms with van der Waals surface area (Å²) in [5.74, 6) is -0.229. The van der Waals surface area contributed by atoms with Crippen molar-refractivity contribution in [2.75, 3.05) is 6.54 Å². The molecule has 0 unspecified atom stereocenters. The number of likely N-dealkylation sites (N-methyl/N-ethyl adjacent to an activating group) is 1. The van der Waals surface area contributed by atoms with Gasteiger partial charge in [-0.25, -0.2) is 9.38 Å². The molecule has 1 aliphatic heterocycles. The van der Waals surface area contributed by atoms with E-state index in [1.165, 1.54) is 23.9 Å². The standard InChI is InChI=1S/C18H14FIN2O2S/c1-2-22-17(24)16(10-11-3-8-15(23)14(20)9-11)25-18(22)21-13-6-4-12(19)5-7-13/h3-10,23H,2H2,1H3/b16-10-,21-18?. The Morgan fingerprint density at radius 3 is 2.64 bits per heavy atom. The van der Waals surface area contributed by atoms with Crippen LogP contribution >= 0.6 is 34.4 Å². The highest BCUT2D eigenvalue weighted by Gasteiger charge is 2.32. The third-order valence-electron chi connectivity index (χ3n) is 3.53. The first-order valence-corrected chi connectivity index (χ1v) is 9.41. The van der Waals surface area contributed by atoms with Crippen molar-refractivity contribution in [1.82, 2.24) is 4.90 Å². The van der Waals surface area contributed by atoms with Gasteiger partial charge in [0.05, 0.1) is 14.2 Å². The average molecular weight is 468 g/mol. The second-order valence-corrected chi connectivity index (χ2v) is 7.41. The second kappa shape index (κ2) is 7.57. The van der Waals surface area contributed by atoms with E-state index in [-0.39, 0.29) is 17.5 Å². The van der Waals surface area contributed by atoms with Crippen LogP contribution in [0.4, 0.5) is 10.1 Å². The lowest BCUT2D eigenvalue weighted by Gasteiger charge is -2.11. The fourth-order valence-corrected chi connectivity index (χ4v) is 3.86. The lowest BCUT2D eigenvalue weighted by molar-refractivity contribution is -0.122. The summed E-state index contributed by atoms with van der Waals surface area (Å²) in [6.45, 7) is 2.38. The highest BCUT2D eigenvalue weighted by Crippen LogP contribution is 2.34. The summed E-state index contributed by atoms with van der Waals surface area (Å²) in [6.07, 6.45) is 1.78. The Balaban J connectivity index is 1.92. The van der Waals surface area contributed by atoms with Gasteiger partial charge < -0.3 is 5.11 Å². The molecule has 0 atom stereocenters. The van der Waals surface area contributed by atoms with E-state index in [1.54, 1.807) is 35.2 Å². The zero-order valence-corrected chi connectivity index (χ0v) is 16.2. The van der Waals surface area contributed by atoms with E-state index in [2.05, 4.69) is 4.99 Å². The van der Waals surface area contributed by atoms with Crippen molar-refractivity contribution in [3.8, 4) is 5.75 Å². The minimum Gasteiger partial charge on any atom is -0.507 e. The molecule has 7 heteroatoms. The molecule has 0 radical (unpaired) electrons. The molecule has 3 rings (SSSR count).